The standard InChI is InChI=1S/C18H17NO3/c1-12(13-7-5-8-15(10-13)21-2)19-18(20)17-11-14-6-3-4-9-16(14)22-17/h3-12H,1-2H3,(H,19,20). The molecule has 112 valence electrons. The first kappa shape index (κ1) is 14.2. The molecule has 0 bridgehead atoms. The third-order valence-corrected chi connectivity index (χ3v) is 3.59. The molecule has 0 aliphatic carbocycles. The fraction of sp³-hybridized carbons (Fsp3) is 0.167. The zero-order chi connectivity index (χ0) is 15.5. The summed E-state index contributed by atoms with van der Waals surface area (Å²) in [5.74, 6) is 0.852. The number of para-hydroxylation sites is 1. The Hall–Kier alpha value is -2.75. The number of furan rings is 1. The van der Waals surface area contributed by atoms with Crippen LogP contribution in [0.15, 0.2) is 59.0 Å². The summed E-state index contributed by atoms with van der Waals surface area (Å²) in [5.41, 5.74) is 1.69. The Labute approximate surface area is 128 Å². The third-order valence-electron chi connectivity index (χ3n) is 3.59. The molecule has 1 N–H and O–H groups in total. The van der Waals surface area contributed by atoms with E-state index in [4.69, 9.17) is 9.15 Å². The Bertz CT molecular complexity index is 774. The normalized spacial score (nSPS) is 12.1. The smallest absolute Gasteiger partial charge is 0.287 e. The number of fused-ring (bicyclic) bond motifs is 1. The molecule has 3 rings (SSSR count). The highest BCUT2D eigenvalue weighted by Gasteiger charge is 2.15. The molecule has 0 saturated heterocycles. The van der Waals surface area contributed by atoms with Crippen LogP contribution in [0.2, 0.25) is 0 Å². The molecule has 4 heteroatoms. The zero-order valence-corrected chi connectivity index (χ0v) is 12.5. The van der Waals surface area contributed by atoms with Crippen LogP contribution in [-0.4, -0.2) is 13.0 Å². The molecule has 0 aliphatic rings. The van der Waals surface area contributed by atoms with Gasteiger partial charge in [-0.05, 0) is 36.8 Å². The second-order valence-corrected chi connectivity index (χ2v) is 5.12. The summed E-state index contributed by atoms with van der Waals surface area (Å²) < 4.78 is 10.8. The number of methoxy groups -OCH3 is 1. The molecule has 4 nitrogen and oxygen atoms in total. The molecule has 0 fully saturated rings. The van der Waals surface area contributed by atoms with Gasteiger partial charge in [-0.1, -0.05) is 30.3 Å². The molecule has 1 unspecified atom stereocenters. The van der Waals surface area contributed by atoms with Crippen LogP contribution in [0.1, 0.15) is 29.1 Å². The van der Waals surface area contributed by atoms with Gasteiger partial charge in [-0.3, -0.25) is 4.79 Å². The van der Waals surface area contributed by atoms with E-state index >= 15 is 0 Å². The van der Waals surface area contributed by atoms with E-state index in [1.54, 1.807) is 13.2 Å². The number of carbonyl (C=O) groups is 1. The molecule has 1 heterocycles. The first-order valence-corrected chi connectivity index (χ1v) is 7.11. The lowest BCUT2D eigenvalue weighted by Gasteiger charge is -2.14. The van der Waals surface area contributed by atoms with Crippen molar-refractivity contribution in [3.63, 3.8) is 0 Å². The minimum atomic E-state index is -0.230. The van der Waals surface area contributed by atoms with Crippen LogP contribution < -0.4 is 10.1 Å². The molecular formula is C18H17NO3. The maximum atomic E-state index is 12.3. The van der Waals surface area contributed by atoms with Crippen LogP contribution in [-0.2, 0) is 0 Å². The number of amides is 1. The van der Waals surface area contributed by atoms with Crippen molar-refractivity contribution in [2.24, 2.45) is 0 Å². The van der Waals surface area contributed by atoms with Gasteiger partial charge in [-0.25, -0.2) is 0 Å². The Kier molecular flexibility index (Phi) is 3.83. The minimum absolute atomic E-state index is 0.143. The van der Waals surface area contributed by atoms with Gasteiger partial charge in [-0.2, -0.15) is 0 Å². The maximum absolute atomic E-state index is 12.3. The van der Waals surface area contributed by atoms with E-state index in [1.807, 2.05) is 55.5 Å². The SMILES string of the molecule is COc1cccc(C(C)NC(=O)c2cc3ccccc3o2)c1. The van der Waals surface area contributed by atoms with Crippen molar-refractivity contribution in [3.05, 3.63) is 65.9 Å². The van der Waals surface area contributed by atoms with Crippen LogP contribution in [0.4, 0.5) is 0 Å². The van der Waals surface area contributed by atoms with Crippen molar-refractivity contribution in [2.75, 3.05) is 7.11 Å². The number of hydrogen-bond donors (Lipinski definition) is 1. The van der Waals surface area contributed by atoms with E-state index in [-0.39, 0.29) is 11.9 Å². The van der Waals surface area contributed by atoms with Crippen LogP contribution in [0.5, 0.6) is 5.75 Å². The van der Waals surface area contributed by atoms with E-state index in [9.17, 15) is 4.79 Å². The van der Waals surface area contributed by atoms with Crippen molar-refractivity contribution in [3.8, 4) is 5.75 Å². The van der Waals surface area contributed by atoms with Crippen LogP contribution in [0.3, 0.4) is 0 Å². The Morgan fingerprint density at radius 2 is 1.95 bits per heavy atom. The number of nitrogens with one attached hydrogen (secondary N) is 1. The molecule has 1 amide bonds. The van der Waals surface area contributed by atoms with E-state index in [1.165, 1.54) is 0 Å². The number of benzene rings is 2. The summed E-state index contributed by atoms with van der Waals surface area (Å²) in [6, 6.07) is 16.8. The number of carbonyl (C=O) groups excluding carboxylic acids is 1. The van der Waals surface area contributed by atoms with Crippen molar-refractivity contribution in [2.45, 2.75) is 13.0 Å². The van der Waals surface area contributed by atoms with Crippen LogP contribution in [0, 0.1) is 0 Å². The zero-order valence-electron chi connectivity index (χ0n) is 12.5. The summed E-state index contributed by atoms with van der Waals surface area (Å²) in [7, 11) is 1.62. The number of rotatable bonds is 4. The lowest BCUT2D eigenvalue weighted by Crippen LogP contribution is -2.26. The Morgan fingerprint density at radius 3 is 2.73 bits per heavy atom. The Balaban J connectivity index is 1.77. The summed E-state index contributed by atoms with van der Waals surface area (Å²) in [5, 5.41) is 3.85. The molecule has 0 spiro atoms. The number of hydrogen-bond acceptors (Lipinski definition) is 3. The van der Waals surface area contributed by atoms with E-state index < -0.39 is 0 Å². The molecule has 0 aliphatic heterocycles. The molecule has 1 aromatic heterocycles. The lowest BCUT2D eigenvalue weighted by molar-refractivity contribution is 0.0914. The van der Waals surface area contributed by atoms with Gasteiger partial charge in [0.1, 0.15) is 11.3 Å². The average Bonchev–Trinajstić information content (AvgIpc) is 2.99. The summed E-state index contributed by atoms with van der Waals surface area (Å²) >= 11 is 0. The van der Waals surface area contributed by atoms with Gasteiger partial charge in [0, 0.05) is 5.39 Å². The highest BCUT2D eigenvalue weighted by Crippen LogP contribution is 2.21. The molecule has 22 heavy (non-hydrogen) atoms. The summed E-state index contributed by atoms with van der Waals surface area (Å²) in [4.78, 5) is 12.3. The van der Waals surface area contributed by atoms with Gasteiger partial charge in [-0.15, -0.1) is 0 Å². The van der Waals surface area contributed by atoms with Gasteiger partial charge >= 0.3 is 0 Å². The molecule has 0 radical (unpaired) electrons. The monoisotopic (exact) mass is 295 g/mol. The molecule has 2 aromatic carbocycles. The molecule has 3 aromatic rings. The molecule has 0 saturated carbocycles. The second-order valence-electron chi connectivity index (χ2n) is 5.12. The second kappa shape index (κ2) is 5.93. The number of ether oxygens (including phenoxy) is 1. The first-order chi connectivity index (χ1) is 10.7. The fourth-order valence-electron chi connectivity index (χ4n) is 2.36. The van der Waals surface area contributed by atoms with Gasteiger partial charge in [0.15, 0.2) is 5.76 Å². The predicted molar refractivity (Wildman–Crippen MR) is 85.1 cm³/mol. The van der Waals surface area contributed by atoms with Gasteiger partial charge in [0.25, 0.3) is 5.91 Å². The highest BCUT2D eigenvalue weighted by atomic mass is 16.5. The maximum Gasteiger partial charge on any atom is 0.287 e. The highest BCUT2D eigenvalue weighted by molar-refractivity contribution is 5.96. The average molecular weight is 295 g/mol. The van der Waals surface area contributed by atoms with Crippen molar-refractivity contribution < 1.29 is 13.9 Å². The van der Waals surface area contributed by atoms with E-state index in [2.05, 4.69) is 5.32 Å². The summed E-state index contributed by atoms with van der Waals surface area (Å²) in [6.45, 7) is 1.93. The van der Waals surface area contributed by atoms with Gasteiger partial charge in [0.2, 0.25) is 0 Å². The topological polar surface area (TPSA) is 51.5 Å². The van der Waals surface area contributed by atoms with E-state index in [0.717, 1.165) is 16.7 Å². The minimum Gasteiger partial charge on any atom is -0.497 e. The fourth-order valence-corrected chi connectivity index (χ4v) is 2.36. The quantitative estimate of drug-likeness (QED) is 0.793. The van der Waals surface area contributed by atoms with Gasteiger partial charge in [0.05, 0.1) is 13.2 Å². The largest absolute Gasteiger partial charge is 0.497 e. The lowest BCUT2D eigenvalue weighted by atomic mass is 10.1. The van der Waals surface area contributed by atoms with Crippen LogP contribution in [0.25, 0.3) is 11.0 Å². The van der Waals surface area contributed by atoms with Crippen molar-refractivity contribution in [1.29, 1.82) is 0 Å². The van der Waals surface area contributed by atoms with E-state index in [0.29, 0.717) is 11.3 Å². The summed E-state index contributed by atoms with van der Waals surface area (Å²) in [6.07, 6.45) is 0. The van der Waals surface area contributed by atoms with Crippen LogP contribution >= 0.6 is 0 Å². The van der Waals surface area contributed by atoms with Crippen molar-refractivity contribution >= 4 is 16.9 Å². The Morgan fingerprint density at radius 1 is 1.14 bits per heavy atom. The first-order valence-electron chi connectivity index (χ1n) is 7.11. The molecule has 1 atom stereocenters. The molecular weight excluding hydrogens is 278 g/mol. The van der Waals surface area contributed by atoms with Gasteiger partial charge < -0.3 is 14.5 Å². The third kappa shape index (κ3) is 2.81. The van der Waals surface area contributed by atoms with Crippen molar-refractivity contribution in [1.82, 2.24) is 5.32 Å². The predicted octanol–water partition coefficient (Wildman–Crippen LogP) is 3.93.